The molecular weight excluding hydrogens is 252 g/mol. The topological polar surface area (TPSA) is 25.8 Å². The Morgan fingerprint density at radius 3 is 2.47 bits per heavy atom. The second-order valence-corrected chi connectivity index (χ2v) is 5.86. The van der Waals surface area contributed by atoms with E-state index in [1.54, 1.807) is 11.3 Å². The summed E-state index contributed by atoms with van der Waals surface area (Å²) in [6.07, 6.45) is 0. The zero-order valence-corrected chi connectivity index (χ0v) is 11.6. The van der Waals surface area contributed by atoms with Crippen molar-refractivity contribution in [3.8, 4) is 0 Å². The van der Waals surface area contributed by atoms with E-state index in [1.165, 1.54) is 26.2 Å². The van der Waals surface area contributed by atoms with Crippen LogP contribution in [-0.2, 0) is 0 Å². The Morgan fingerprint density at radius 1 is 0.947 bits per heavy atom. The third kappa shape index (κ3) is 1.55. The first kappa shape index (κ1) is 10.9. The van der Waals surface area contributed by atoms with Gasteiger partial charge in [-0.05, 0) is 36.8 Å². The van der Waals surface area contributed by atoms with Crippen molar-refractivity contribution in [3.63, 3.8) is 0 Å². The molecule has 0 spiro atoms. The predicted molar refractivity (Wildman–Crippen MR) is 81.9 cm³/mol. The van der Waals surface area contributed by atoms with Crippen molar-refractivity contribution < 1.29 is 0 Å². The minimum absolute atomic E-state index is 0.848. The van der Waals surface area contributed by atoms with Crippen molar-refractivity contribution in [1.82, 2.24) is 9.97 Å². The number of rotatable bonds is 0. The minimum Gasteiger partial charge on any atom is -0.238 e. The van der Waals surface area contributed by atoms with Crippen LogP contribution in [0.2, 0.25) is 0 Å². The van der Waals surface area contributed by atoms with Crippen molar-refractivity contribution in [1.29, 1.82) is 0 Å². The van der Waals surface area contributed by atoms with E-state index in [2.05, 4.69) is 53.3 Å². The molecule has 4 aromatic rings. The van der Waals surface area contributed by atoms with Crippen LogP contribution in [0, 0.1) is 13.8 Å². The molecule has 0 saturated carbocycles. The predicted octanol–water partition coefficient (Wildman–Crippen LogP) is 4.61. The molecule has 0 atom stereocenters. The molecule has 0 saturated heterocycles. The Morgan fingerprint density at radius 2 is 1.68 bits per heavy atom. The largest absolute Gasteiger partial charge is 0.238 e. The maximum atomic E-state index is 4.57. The molecule has 0 bridgehead atoms. The molecule has 2 aromatic heterocycles. The Hall–Kier alpha value is -2.00. The highest BCUT2D eigenvalue weighted by atomic mass is 32.1. The fourth-order valence-electron chi connectivity index (χ4n) is 2.67. The molecule has 0 aliphatic rings. The third-order valence-electron chi connectivity index (χ3n) is 3.49. The first-order chi connectivity index (χ1) is 9.22. The third-order valence-corrected chi connectivity index (χ3v) is 4.54. The van der Waals surface area contributed by atoms with E-state index >= 15 is 0 Å². The lowest BCUT2D eigenvalue weighted by molar-refractivity contribution is 1.06. The number of thiophene rings is 1. The van der Waals surface area contributed by atoms with Gasteiger partial charge in [0.2, 0.25) is 0 Å². The van der Waals surface area contributed by atoms with Gasteiger partial charge in [-0.15, -0.1) is 11.3 Å². The van der Waals surface area contributed by atoms with Crippen molar-refractivity contribution in [2.75, 3.05) is 0 Å². The highest BCUT2D eigenvalue weighted by molar-refractivity contribution is 7.25. The zero-order chi connectivity index (χ0) is 13.0. The standard InChI is InChI=1S/C16H12N2S/c1-9-15-13-7-11-5-3-4-6-12(11)8-14(13)19-16(15)18-10(2)17-9/h3-8H,1-2H3. The van der Waals surface area contributed by atoms with Crippen molar-refractivity contribution in [2.45, 2.75) is 13.8 Å². The SMILES string of the molecule is Cc1nc(C)c2c(n1)sc1cc3ccccc3cc12. The minimum atomic E-state index is 0.848. The maximum absolute atomic E-state index is 4.57. The lowest BCUT2D eigenvalue weighted by Crippen LogP contribution is -1.90. The van der Waals surface area contributed by atoms with E-state index in [9.17, 15) is 0 Å². The zero-order valence-electron chi connectivity index (χ0n) is 10.8. The molecule has 4 rings (SSSR count). The molecule has 19 heavy (non-hydrogen) atoms. The number of benzene rings is 2. The van der Waals surface area contributed by atoms with Gasteiger partial charge in [0.1, 0.15) is 10.7 Å². The fourth-order valence-corrected chi connectivity index (χ4v) is 3.87. The van der Waals surface area contributed by atoms with E-state index in [4.69, 9.17) is 0 Å². The van der Waals surface area contributed by atoms with Crippen molar-refractivity contribution >= 4 is 42.4 Å². The van der Waals surface area contributed by atoms with Crippen LogP contribution in [0.3, 0.4) is 0 Å². The average Bonchev–Trinajstić information content (AvgIpc) is 2.72. The van der Waals surface area contributed by atoms with E-state index in [0.717, 1.165) is 16.3 Å². The van der Waals surface area contributed by atoms with Crippen LogP contribution in [0.25, 0.3) is 31.1 Å². The van der Waals surface area contributed by atoms with Crippen molar-refractivity contribution in [3.05, 3.63) is 47.9 Å². The van der Waals surface area contributed by atoms with Gasteiger partial charge in [-0.25, -0.2) is 9.97 Å². The van der Waals surface area contributed by atoms with Gasteiger partial charge < -0.3 is 0 Å². The fraction of sp³-hybridized carbons (Fsp3) is 0.125. The van der Waals surface area contributed by atoms with Gasteiger partial charge >= 0.3 is 0 Å². The van der Waals surface area contributed by atoms with Crippen LogP contribution < -0.4 is 0 Å². The van der Waals surface area contributed by atoms with Gasteiger partial charge in [-0.3, -0.25) is 0 Å². The highest BCUT2D eigenvalue weighted by Crippen LogP contribution is 2.36. The van der Waals surface area contributed by atoms with Crippen molar-refractivity contribution in [2.24, 2.45) is 0 Å². The Bertz CT molecular complexity index is 938. The van der Waals surface area contributed by atoms with Gasteiger partial charge in [0.25, 0.3) is 0 Å². The average molecular weight is 264 g/mol. The summed E-state index contributed by atoms with van der Waals surface area (Å²) >= 11 is 1.75. The summed E-state index contributed by atoms with van der Waals surface area (Å²) in [7, 11) is 0. The van der Waals surface area contributed by atoms with Gasteiger partial charge in [-0.1, -0.05) is 24.3 Å². The summed E-state index contributed by atoms with van der Waals surface area (Å²) in [5, 5.41) is 5.03. The van der Waals surface area contributed by atoms with Crippen LogP contribution in [0.1, 0.15) is 11.5 Å². The molecular formula is C16H12N2S. The van der Waals surface area contributed by atoms with Crippen LogP contribution in [0.4, 0.5) is 0 Å². The van der Waals surface area contributed by atoms with Gasteiger partial charge in [0, 0.05) is 15.5 Å². The van der Waals surface area contributed by atoms with Gasteiger partial charge in [0.05, 0.1) is 5.69 Å². The Balaban J connectivity index is 2.26. The molecule has 0 radical (unpaired) electrons. The Labute approximate surface area is 114 Å². The maximum Gasteiger partial charge on any atom is 0.128 e. The quantitative estimate of drug-likeness (QED) is 0.463. The van der Waals surface area contributed by atoms with Crippen LogP contribution in [0.5, 0.6) is 0 Å². The first-order valence-electron chi connectivity index (χ1n) is 6.28. The molecule has 0 aliphatic heterocycles. The first-order valence-corrected chi connectivity index (χ1v) is 7.10. The van der Waals surface area contributed by atoms with E-state index in [-0.39, 0.29) is 0 Å². The lowest BCUT2D eigenvalue weighted by atomic mass is 10.1. The second kappa shape index (κ2) is 3.75. The number of nitrogens with zero attached hydrogens (tertiary/aromatic N) is 2. The monoisotopic (exact) mass is 264 g/mol. The number of fused-ring (bicyclic) bond motifs is 4. The molecule has 0 unspecified atom stereocenters. The summed E-state index contributed by atoms with van der Waals surface area (Å²) < 4.78 is 1.29. The molecule has 2 aromatic carbocycles. The van der Waals surface area contributed by atoms with E-state index < -0.39 is 0 Å². The van der Waals surface area contributed by atoms with Crippen LogP contribution in [0.15, 0.2) is 36.4 Å². The summed E-state index contributed by atoms with van der Waals surface area (Å²) in [5.41, 5.74) is 1.07. The molecule has 0 N–H and O–H groups in total. The van der Waals surface area contributed by atoms with Gasteiger partial charge in [-0.2, -0.15) is 0 Å². The van der Waals surface area contributed by atoms with Crippen LogP contribution in [-0.4, -0.2) is 9.97 Å². The molecule has 0 amide bonds. The van der Waals surface area contributed by atoms with Gasteiger partial charge in [0.15, 0.2) is 0 Å². The summed E-state index contributed by atoms with van der Waals surface area (Å²) in [6.45, 7) is 4.02. The molecule has 0 fully saturated rings. The highest BCUT2D eigenvalue weighted by Gasteiger charge is 2.11. The lowest BCUT2D eigenvalue weighted by Gasteiger charge is -2.00. The molecule has 2 heterocycles. The van der Waals surface area contributed by atoms with Crippen LogP contribution >= 0.6 is 11.3 Å². The second-order valence-electron chi connectivity index (χ2n) is 4.83. The Kier molecular flexibility index (Phi) is 2.15. The van der Waals surface area contributed by atoms with E-state index in [0.29, 0.717) is 0 Å². The number of hydrogen-bond donors (Lipinski definition) is 0. The molecule has 3 heteroatoms. The summed E-state index contributed by atoms with van der Waals surface area (Å²) in [6, 6.07) is 13.0. The summed E-state index contributed by atoms with van der Waals surface area (Å²) in [5.74, 6) is 0.848. The molecule has 2 nitrogen and oxygen atoms in total. The normalized spacial score (nSPS) is 11.7. The van der Waals surface area contributed by atoms with E-state index in [1.807, 2.05) is 6.92 Å². The smallest absolute Gasteiger partial charge is 0.128 e. The number of aromatic nitrogens is 2. The number of hydrogen-bond acceptors (Lipinski definition) is 3. The number of aryl methyl sites for hydroxylation is 2. The summed E-state index contributed by atoms with van der Waals surface area (Å²) in [4.78, 5) is 10.2. The molecule has 0 aliphatic carbocycles. The molecule has 92 valence electrons.